The maximum absolute atomic E-state index is 6.49. The molecule has 0 amide bonds. The molecule has 0 radical (unpaired) electrons. The number of furan rings is 1. The van der Waals surface area contributed by atoms with Crippen molar-refractivity contribution in [1.29, 1.82) is 0 Å². The molecule has 10 rings (SSSR count). The van der Waals surface area contributed by atoms with Crippen LogP contribution in [0.15, 0.2) is 205 Å². The molecule has 0 unspecified atom stereocenters. The smallest absolute Gasteiger partial charge is 0.143 e. The zero-order chi connectivity index (χ0) is 34.4. The molecule has 9 aromatic carbocycles. The zero-order valence-corrected chi connectivity index (χ0v) is 28.4. The van der Waals surface area contributed by atoms with Crippen molar-refractivity contribution >= 4 is 60.5 Å². The molecule has 0 spiro atoms. The Morgan fingerprint density at radius 2 is 0.923 bits per heavy atom. The molecule has 0 saturated heterocycles. The molecule has 244 valence electrons. The number of fused-ring (bicyclic) bond motifs is 6. The van der Waals surface area contributed by atoms with E-state index < -0.39 is 0 Å². The van der Waals surface area contributed by atoms with Crippen LogP contribution in [0.3, 0.4) is 0 Å². The molecule has 1 heterocycles. The van der Waals surface area contributed by atoms with Crippen molar-refractivity contribution in [2.75, 3.05) is 4.90 Å². The van der Waals surface area contributed by atoms with Crippen LogP contribution in [0.5, 0.6) is 0 Å². The van der Waals surface area contributed by atoms with Crippen molar-refractivity contribution in [1.82, 2.24) is 0 Å². The van der Waals surface area contributed by atoms with Crippen molar-refractivity contribution in [2.24, 2.45) is 0 Å². The summed E-state index contributed by atoms with van der Waals surface area (Å²) in [6, 6.07) is 71.7. The standard InChI is InChI=1S/C50H33NO/c1-2-12-34(13-3-1)38-17-10-18-39(32-38)35-24-28-41(29-25-35)51(48-23-11-16-36-14-4-6-19-42(36)48)47-22-9-8-20-43(47)40-27-31-49-46(33-40)45-30-26-37-15-5-7-21-44(37)50(45)52-49/h1-33H. The molecule has 0 bridgehead atoms. The fourth-order valence-electron chi connectivity index (χ4n) is 7.71. The fourth-order valence-corrected chi connectivity index (χ4v) is 7.71. The highest BCUT2D eigenvalue weighted by Crippen LogP contribution is 2.45. The Labute approximate surface area is 302 Å². The number of para-hydroxylation sites is 1. The van der Waals surface area contributed by atoms with Crippen molar-refractivity contribution in [2.45, 2.75) is 0 Å². The fraction of sp³-hybridized carbons (Fsp3) is 0. The van der Waals surface area contributed by atoms with E-state index in [1.807, 2.05) is 0 Å². The Morgan fingerprint density at radius 3 is 1.75 bits per heavy atom. The van der Waals surface area contributed by atoms with E-state index in [1.54, 1.807) is 0 Å². The molecule has 0 aliphatic heterocycles. The lowest BCUT2D eigenvalue weighted by atomic mass is 9.97. The highest BCUT2D eigenvalue weighted by Gasteiger charge is 2.20. The summed E-state index contributed by atoms with van der Waals surface area (Å²) < 4.78 is 6.49. The van der Waals surface area contributed by atoms with Gasteiger partial charge in [-0.3, -0.25) is 0 Å². The second-order valence-electron chi connectivity index (χ2n) is 13.3. The van der Waals surface area contributed by atoms with E-state index in [-0.39, 0.29) is 0 Å². The third-order valence-corrected chi connectivity index (χ3v) is 10.3. The minimum Gasteiger partial charge on any atom is -0.455 e. The van der Waals surface area contributed by atoms with Gasteiger partial charge in [0.1, 0.15) is 11.2 Å². The molecule has 10 aromatic rings. The third-order valence-electron chi connectivity index (χ3n) is 10.3. The first-order chi connectivity index (χ1) is 25.8. The summed E-state index contributed by atoms with van der Waals surface area (Å²) in [5, 5.41) is 6.96. The van der Waals surface area contributed by atoms with Crippen LogP contribution < -0.4 is 4.90 Å². The lowest BCUT2D eigenvalue weighted by Gasteiger charge is -2.29. The average Bonchev–Trinajstić information content (AvgIpc) is 3.60. The Bertz CT molecular complexity index is 2900. The highest BCUT2D eigenvalue weighted by atomic mass is 16.3. The van der Waals surface area contributed by atoms with Crippen LogP contribution in [0.2, 0.25) is 0 Å². The van der Waals surface area contributed by atoms with Gasteiger partial charge in [0.2, 0.25) is 0 Å². The van der Waals surface area contributed by atoms with Crippen molar-refractivity contribution < 1.29 is 4.42 Å². The number of benzene rings is 9. The molecular weight excluding hydrogens is 631 g/mol. The number of rotatable bonds is 6. The average molecular weight is 664 g/mol. The van der Waals surface area contributed by atoms with Crippen LogP contribution in [-0.4, -0.2) is 0 Å². The number of hydrogen-bond acceptors (Lipinski definition) is 2. The minimum atomic E-state index is 0.894. The van der Waals surface area contributed by atoms with Gasteiger partial charge in [-0.25, -0.2) is 0 Å². The summed E-state index contributed by atoms with van der Waals surface area (Å²) in [5.74, 6) is 0. The molecular formula is C50H33NO. The monoisotopic (exact) mass is 663 g/mol. The molecule has 0 N–H and O–H groups in total. The molecule has 2 heteroatoms. The van der Waals surface area contributed by atoms with Gasteiger partial charge in [-0.05, 0) is 87.1 Å². The Balaban J connectivity index is 1.13. The first-order valence-electron chi connectivity index (χ1n) is 17.8. The summed E-state index contributed by atoms with van der Waals surface area (Å²) >= 11 is 0. The van der Waals surface area contributed by atoms with Crippen molar-refractivity contribution in [3.8, 4) is 33.4 Å². The van der Waals surface area contributed by atoms with Gasteiger partial charge in [0.15, 0.2) is 0 Å². The maximum Gasteiger partial charge on any atom is 0.143 e. The molecule has 2 nitrogen and oxygen atoms in total. The van der Waals surface area contributed by atoms with E-state index in [4.69, 9.17) is 4.42 Å². The van der Waals surface area contributed by atoms with E-state index in [0.29, 0.717) is 0 Å². The van der Waals surface area contributed by atoms with Crippen LogP contribution in [0.1, 0.15) is 0 Å². The number of nitrogens with zero attached hydrogens (tertiary/aromatic N) is 1. The van der Waals surface area contributed by atoms with Crippen LogP contribution in [-0.2, 0) is 0 Å². The van der Waals surface area contributed by atoms with E-state index in [0.717, 1.165) is 55.5 Å². The zero-order valence-electron chi connectivity index (χ0n) is 28.4. The second-order valence-corrected chi connectivity index (χ2v) is 13.3. The highest BCUT2D eigenvalue weighted by molar-refractivity contribution is 6.15. The van der Waals surface area contributed by atoms with Crippen molar-refractivity contribution in [3.05, 3.63) is 200 Å². The summed E-state index contributed by atoms with van der Waals surface area (Å²) in [4.78, 5) is 2.41. The summed E-state index contributed by atoms with van der Waals surface area (Å²) in [7, 11) is 0. The first kappa shape index (κ1) is 30.0. The predicted octanol–water partition coefficient (Wildman–Crippen LogP) is 14.4. The van der Waals surface area contributed by atoms with Gasteiger partial charge in [-0.1, -0.05) is 152 Å². The molecule has 52 heavy (non-hydrogen) atoms. The summed E-state index contributed by atoms with van der Waals surface area (Å²) in [6.45, 7) is 0. The van der Waals surface area contributed by atoms with Gasteiger partial charge in [0, 0.05) is 32.8 Å². The largest absolute Gasteiger partial charge is 0.455 e. The predicted molar refractivity (Wildman–Crippen MR) is 220 cm³/mol. The number of hydrogen-bond donors (Lipinski definition) is 0. The lowest BCUT2D eigenvalue weighted by Crippen LogP contribution is -2.11. The molecule has 0 saturated carbocycles. The quantitative estimate of drug-likeness (QED) is 0.176. The van der Waals surface area contributed by atoms with Gasteiger partial charge in [0.25, 0.3) is 0 Å². The number of anilines is 3. The van der Waals surface area contributed by atoms with Gasteiger partial charge in [-0.2, -0.15) is 0 Å². The topological polar surface area (TPSA) is 16.4 Å². The maximum atomic E-state index is 6.49. The lowest BCUT2D eigenvalue weighted by molar-refractivity contribution is 0.672. The molecule has 0 fully saturated rings. The Morgan fingerprint density at radius 1 is 0.327 bits per heavy atom. The van der Waals surface area contributed by atoms with Gasteiger partial charge < -0.3 is 9.32 Å². The van der Waals surface area contributed by atoms with Gasteiger partial charge in [0.05, 0.1) is 11.4 Å². The van der Waals surface area contributed by atoms with Crippen LogP contribution >= 0.6 is 0 Å². The van der Waals surface area contributed by atoms with E-state index >= 15 is 0 Å². The van der Waals surface area contributed by atoms with Gasteiger partial charge in [-0.15, -0.1) is 0 Å². The molecule has 0 aliphatic carbocycles. The van der Waals surface area contributed by atoms with Crippen LogP contribution in [0.4, 0.5) is 17.1 Å². The molecule has 0 aliphatic rings. The van der Waals surface area contributed by atoms with E-state index in [2.05, 4.69) is 205 Å². The Hall–Kier alpha value is -6.90. The summed E-state index contributed by atoms with van der Waals surface area (Å²) in [6.07, 6.45) is 0. The van der Waals surface area contributed by atoms with E-state index in [1.165, 1.54) is 38.4 Å². The first-order valence-corrected chi connectivity index (χ1v) is 17.8. The molecule has 0 atom stereocenters. The van der Waals surface area contributed by atoms with E-state index in [9.17, 15) is 0 Å². The third kappa shape index (κ3) is 5.12. The van der Waals surface area contributed by atoms with Gasteiger partial charge >= 0.3 is 0 Å². The molecule has 1 aromatic heterocycles. The minimum absolute atomic E-state index is 0.894. The van der Waals surface area contributed by atoms with Crippen molar-refractivity contribution in [3.63, 3.8) is 0 Å². The SMILES string of the molecule is c1ccc(-c2cccc(-c3ccc(N(c4ccccc4-c4ccc5oc6c7ccccc7ccc6c5c4)c4cccc5ccccc45)cc3)c2)cc1. The second kappa shape index (κ2) is 12.5. The normalized spacial score (nSPS) is 11.5. The van der Waals surface area contributed by atoms with Crippen LogP contribution in [0.25, 0.3) is 76.9 Å². The Kier molecular flexibility index (Phi) is 7.18. The summed E-state index contributed by atoms with van der Waals surface area (Å²) in [5.41, 5.74) is 12.2. The van der Waals surface area contributed by atoms with Crippen LogP contribution in [0, 0.1) is 0 Å².